The van der Waals surface area contributed by atoms with Crippen LogP contribution in [0.4, 0.5) is 8.78 Å². The number of carbonyl (C=O) groups is 1. The fourth-order valence-electron chi connectivity index (χ4n) is 3.88. The van der Waals surface area contributed by atoms with Gasteiger partial charge in [-0.3, -0.25) is 4.79 Å². The molecule has 29 heavy (non-hydrogen) atoms. The van der Waals surface area contributed by atoms with E-state index in [9.17, 15) is 13.6 Å². The lowest BCUT2D eigenvalue weighted by Gasteiger charge is -2.32. The Morgan fingerprint density at radius 2 is 1.90 bits per heavy atom. The molecule has 0 saturated carbocycles. The molecule has 158 valence electrons. The molecular formula is C19H24ClF2N5O2. The molecule has 1 fully saturated rings. The van der Waals surface area contributed by atoms with Crippen molar-refractivity contribution in [2.45, 2.75) is 44.9 Å². The van der Waals surface area contributed by atoms with E-state index in [4.69, 9.17) is 0 Å². The van der Waals surface area contributed by atoms with Crippen molar-refractivity contribution in [2.75, 3.05) is 19.6 Å². The number of benzene rings is 1. The van der Waals surface area contributed by atoms with Gasteiger partial charge in [-0.05, 0) is 30.5 Å². The maximum Gasteiger partial charge on any atom is 0.387 e. The third-order valence-electron chi connectivity index (χ3n) is 5.37. The molecule has 1 aromatic carbocycles. The van der Waals surface area contributed by atoms with Gasteiger partial charge in [0, 0.05) is 32.1 Å². The van der Waals surface area contributed by atoms with Crippen LogP contribution < -0.4 is 10.1 Å². The zero-order chi connectivity index (χ0) is 19.5. The van der Waals surface area contributed by atoms with Crippen molar-refractivity contribution < 1.29 is 18.3 Å². The topological polar surface area (TPSA) is 72.3 Å². The van der Waals surface area contributed by atoms with E-state index in [0.717, 1.165) is 49.7 Å². The largest absolute Gasteiger partial charge is 0.435 e. The Morgan fingerprint density at radius 3 is 2.59 bits per heavy atom. The molecule has 2 aromatic rings. The SMILES string of the molecule is Cl.O=C(Cc1ccc(OC(F)F)cc1)N1CCC(c2nnc3n2CCNC3)CC1. The summed E-state index contributed by atoms with van der Waals surface area (Å²) in [4.78, 5) is 14.5. The minimum atomic E-state index is -2.85. The van der Waals surface area contributed by atoms with Gasteiger partial charge in [-0.15, -0.1) is 22.6 Å². The Labute approximate surface area is 173 Å². The van der Waals surface area contributed by atoms with Gasteiger partial charge in [0.1, 0.15) is 17.4 Å². The van der Waals surface area contributed by atoms with Crippen molar-refractivity contribution in [3.8, 4) is 5.75 Å². The van der Waals surface area contributed by atoms with E-state index in [1.165, 1.54) is 12.1 Å². The number of hydrogen-bond donors (Lipinski definition) is 1. The first-order valence-electron chi connectivity index (χ1n) is 9.54. The Kier molecular flexibility index (Phi) is 7.02. The standard InChI is InChI=1S/C19H23F2N5O2.ClH/c20-19(21)28-15-3-1-13(2-4-15)11-17(27)25-8-5-14(6-9-25)18-24-23-16-12-22-7-10-26(16)18;/h1-4,14,19,22H,5-12H2;1H. The van der Waals surface area contributed by atoms with E-state index in [-0.39, 0.29) is 30.5 Å². The lowest BCUT2D eigenvalue weighted by molar-refractivity contribution is -0.131. The summed E-state index contributed by atoms with van der Waals surface area (Å²) >= 11 is 0. The number of piperidine rings is 1. The normalized spacial score (nSPS) is 17.0. The van der Waals surface area contributed by atoms with Crippen molar-refractivity contribution in [1.29, 1.82) is 0 Å². The quantitative estimate of drug-likeness (QED) is 0.793. The van der Waals surface area contributed by atoms with Crippen LogP contribution in [0.1, 0.15) is 36.0 Å². The molecule has 1 saturated heterocycles. The first kappa shape index (κ1) is 21.4. The molecule has 0 atom stereocenters. The molecule has 4 rings (SSSR count). The maximum absolute atomic E-state index is 12.6. The van der Waals surface area contributed by atoms with Crippen LogP contribution in [0.2, 0.25) is 0 Å². The number of amides is 1. The molecule has 2 aliphatic rings. The highest BCUT2D eigenvalue weighted by Gasteiger charge is 2.28. The number of halogens is 3. The summed E-state index contributed by atoms with van der Waals surface area (Å²) in [5, 5.41) is 12.0. The zero-order valence-corrected chi connectivity index (χ0v) is 16.7. The molecule has 0 aliphatic carbocycles. The number of nitrogens with one attached hydrogen (secondary N) is 1. The number of hydrogen-bond acceptors (Lipinski definition) is 5. The van der Waals surface area contributed by atoms with Gasteiger partial charge in [0.15, 0.2) is 0 Å². The Hall–Kier alpha value is -2.26. The predicted octanol–water partition coefficient (Wildman–Crippen LogP) is 2.35. The molecule has 0 radical (unpaired) electrons. The maximum atomic E-state index is 12.6. The average molecular weight is 428 g/mol. The molecular weight excluding hydrogens is 404 g/mol. The molecule has 0 bridgehead atoms. The third-order valence-corrected chi connectivity index (χ3v) is 5.37. The third kappa shape index (κ3) is 5.02. The lowest BCUT2D eigenvalue weighted by Crippen LogP contribution is -2.39. The Balaban J connectivity index is 0.00000240. The molecule has 0 unspecified atom stereocenters. The summed E-state index contributed by atoms with van der Waals surface area (Å²) in [7, 11) is 0. The van der Waals surface area contributed by atoms with Crippen LogP contribution in [0, 0.1) is 0 Å². The fraction of sp³-hybridized carbons (Fsp3) is 0.526. The molecule has 1 aromatic heterocycles. The molecule has 10 heteroatoms. The Bertz CT molecular complexity index is 823. The van der Waals surface area contributed by atoms with Crippen molar-refractivity contribution in [3.63, 3.8) is 0 Å². The molecule has 0 spiro atoms. The molecule has 3 heterocycles. The van der Waals surface area contributed by atoms with E-state index in [0.29, 0.717) is 19.0 Å². The summed E-state index contributed by atoms with van der Waals surface area (Å²) in [6.07, 6.45) is 2.00. The van der Waals surface area contributed by atoms with Crippen LogP contribution in [-0.2, 0) is 24.3 Å². The smallest absolute Gasteiger partial charge is 0.387 e. The second-order valence-electron chi connectivity index (χ2n) is 7.16. The van der Waals surface area contributed by atoms with E-state index in [1.54, 1.807) is 12.1 Å². The van der Waals surface area contributed by atoms with Crippen molar-refractivity contribution in [3.05, 3.63) is 41.5 Å². The molecule has 7 nitrogen and oxygen atoms in total. The van der Waals surface area contributed by atoms with Gasteiger partial charge in [0.25, 0.3) is 0 Å². The number of ether oxygens (including phenoxy) is 1. The van der Waals surface area contributed by atoms with Gasteiger partial charge in [0.05, 0.1) is 13.0 Å². The molecule has 2 aliphatic heterocycles. The van der Waals surface area contributed by atoms with E-state index >= 15 is 0 Å². The first-order valence-corrected chi connectivity index (χ1v) is 9.54. The number of nitrogens with zero attached hydrogens (tertiary/aromatic N) is 4. The highest BCUT2D eigenvalue weighted by atomic mass is 35.5. The molecule has 1 N–H and O–H groups in total. The summed E-state index contributed by atoms with van der Waals surface area (Å²) in [5.41, 5.74) is 0.785. The summed E-state index contributed by atoms with van der Waals surface area (Å²) < 4.78 is 31.0. The van der Waals surface area contributed by atoms with Gasteiger partial charge in [-0.2, -0.15) is 8.78 Å². The van der Waals surface area contributed by atoms with Crippen LogP contribution in [0.15, 0.2) is 24.3 Å². The highest BCUT2D eigenvalue weighted by molar-refractivity contribution is 5.85. The first-order chi connectivity index (χ1) is 13.6. The van der Waals surface area contributed by atoms with Gasteiger partial charge in [-0.1, -0.05) is 12.1 Å². The van der Waals surface area contributed by atoms with Gasteiger partial charge >= 0.3 is 6.61 Å². The van der Waals surface area contributed by atoms with Crippen molar-refractivity contribution >= 4 is 18.3 Å². The second kappa shape index (κ2) is 9.49. The monoisotopic (exact) mass is 427 g/mol. The minimum absolute atomic E-state index is 0. The second-order valence-corrected chi connectivity index (χ2v) is 7.16. The van der Waals surface area contributed by atoms with Gasteiger partial charge < -0.3 is 19.5 Å². The Morgan fingerprint density at radius 1 is 1.17 bits per heavy atom. The van der Waals surface area contributed by atoms with Gasteiger partial charge in [-0.25, -0.2) is 0 Å². The lowest BCUT2D eigenvalue weighted by atomic mass is 9.95. The van der Waals surface area contributed by atoms with Crippen molar-refractivity contribution in [2.24, 2.45) is 0 Å². The summed E-state index contributed by atoms with van der Waals surface area (Å²) in [6, 6.07) is 6.23. The van der Waals surface area contributed by atoms with Crippen LogP contribution in [0.5, 0.6) is 5.75 Å². The van der Waals surface area contributed by atoms with Crippen LogP contribution in [0.25, 0.3) is 0 Å². The van der Waals surface area contributed by atoms with Crippen LogP contribution >= 0.6 is 12.4 Å². The average Bonchev–Trinajstić information content (AvgIpc) is 3.13. The van der Waals surface area contributed by atoms with E-state index in [1.807, 2.05) is 4.90 Å². The van der Waals surface area contributed by atoms with E-state index in [2.05, 4.69) is 24.8 Å². The van der Waals surface area contributed by atoms with Crippen molar-refractivity contribution in [1.82, 2.24) is 25.0 Å². The van der Waals surface area contributed by atoms with Crippen LogP contribution in [0.3, 0.4) is 0 Å². The number of fused-ring (bicyclic) bond motifs is 1. The summed E-state index contributed by atoms with van der Waals surface area (Å²) in [5.74, 6) is 2.50. The fourth-order valence-corrected chi connectivity index (χ4v) is 3.88. The number of rotatable bonds is 5. The zero-order valence-electron chi connectivity index (χ0n) is 15.9. The summed E-state index contributed by atoms with van der Waals surface area (Å²) in [6.45, 7) is 1.11. The predicted molar refractivity (Wildman–Crippen MR) is 104 cm³/mol. The van der Waals surface area contributed by atoms with Gasteiger partial charge in [0.2, 0.25) is 5.91 Å². The number of alkyl halides is 2. The number of likely N-dealkylation sites (tertiary alicyclic amines) is 1. The molecule has 1 amide bonds. The number of carbonyl (C=O) groups excluding carboxylic acids is 1. The van der Waals surface area contributed by atoms with Crippen LogP contribution in [-0.4, -0.2) is 51.8 Å². The van der Waals surface area contributed by atoms with E-state index < -0.39 is 6.61 Å². The number of aromatic nitrogens is 3. The minimum Gasteiger partial charge on any atom is -0.435 e. The highest BCUT2D eigenvalue weighted by Crippen LogP contribution is 2.28.